The summed E-state index contributed by atoms with van der Waals surface area (Å²) in [6, 6.07) is 19.5. The van der Waals surface area contributed by atoms with Crippen molar-refractivity contribution in [3.05, 3.63) is 94.5 Å². The lowest BCUT2D eigenvalue weighted by Crippen LogP contribution is -2.52. The number of nitrogens with zero attached hydrogens (tertiary/aromatic N) is 2. The van der Waals surface area contributed by atoms with E-state index < -0.39 is 28.5 Å². The highest BCUT2D eigenvalue weighted by Gasteiger charge is 2.33. The SMILES string of the molecule is CC[C@H](C)NC(=O)[C@@H](C)N(Cc1cccc(Cl)c1)C(=O)CN(c1ccc(C)cc1C)S(=O)(=O)c1ccccc1. The monoisotopic (exact) mass is 569 g/mol. The van der Waals surface area contributed by atoms with Gasteiger partial charge in [-0.15, -0.1) is 0 Å². The molecule has 0 aliphatic rings. The molecule has 7 nitrogen and oxygen atoms in total. The summed E-state index contributed by atoms with van der Waals surface area (Å²) in [6.45, 7) is 8.83. The maximum Gasteiger partial charge on any atom is 0.264 e. The number of benzene rings is 3. The lowest BCUT2D eigenvalue weighted by Gasteiger charge is -2.33. The first-order chi connectivity index (χ1) is 18.4. The van der Waals surface area contributed by atoms with Crippen LogP contribution in [-0.2, 0) is 26.2 Å². The molecule has 3 aromatic carbocycles. The van der Waals surface area contributed by atoms with Crippen LogP contribution in [0.15, 0.2) is 77.7 Å². The van der Waals surface area contributed by atoms with Gasteiger partial charge in [-0.3, -0.25) is 13.9 Å². The Balaban J connectivity index is 2.05. The maximum atomic E-state index is 14.0. The second-order valence-electron chi connectivity index (χ2n) is 9.76. The van der Waals surface area contributed by atoms with E-state index >= 15 is 0 Å². The smallest absolute Gasteiger partial charge is 0.264 e. The molecular weight excluding hydrogens is 534 g/mol. The number of aryl methyl sites for hydroxylation is 2. The second-order valence-corrected chi connectivity index (χ2v) is 12.1. The fraction of sp³-hybridized carbons (Fsp3) is 0.333. The summed E-state index contributed by atoms with van der Waals surface area (Å²) in [4.78, 5) is 28.6. The van der Waals surface area contributed by atoms with Crippen molar-refractivity contribution in [1.82, 2.24) is 10.2 Å². The summed E-state index contributed by atoms with van der Waals surface area (Å²) in [5, 5.41) is 3.43. The third-order valence-electron chi connectivity index (χ3n) is 6.64. The van der Waals surface area contributed by atoms with Gasteiger partial charge in [0.2, 0.25) is 11.8 Å². The molecule has 0 heterocycles. The summed E-state index contributed by atoms with van der Waals surface area (Å²) in [5.74, 6) is -0.829. The molecule has 2 amide bonds. The van der Waals surface area contributed by atoms with Gasteiger partial charge in [0.25, 0.3) is 10.0 Å². The van der Waals surface area contributed by atoms with Crippen LogP contribution in [-0.4, -0.2) is 43.8 Å². The minimum absolute atomic E-state index is 0.0710. The number of rotatable bonds is 11. The Hall–Kier alpha value is -3.36. The van der Waals surface area contributed by atoms with Crippen molar-refractivity contribution in [3.8, 4) is 0 Å². The highest BCUT2D eigenvalue weighted by molar-refractivity contribution is 7.92. The summed E-state index contributed by atoms with van der Waals surface area (Å²) >= 11 is 6.19. The number of amides is 2. The Labute approximate surface area is 236 Å². The molecule has 0 saturated carbocycles. The number of carbonyl (C=O) groups excluding carboxylic acids is 2. The van der Waals surface area contributed by atoms with Crippen molar-refractivity contribution in [2.45, 2.75) is 64.6 Å². The van der Waals surface area contributed by atoms with Gasteiger partial charge in [0, 0.05) is 17.6 Å². The summed E-state index contributed by atoms with van der Waals surface area (Å²) < 4.78 is 28.9. The zero-order valence-electron chi connectivity index (χ0n) is 23.0. The molecule has 0 aliphatic carbocycles. The highest BCUT2D eigenvalue weighted by Crippen LogP contribution is 2.28. The van der Waals surface area contributed by atoms with E-state index in [0.29, 0.717) is 16.3 Å². The van der Waals surface area contributed by atoms with Crippen molar-refractivity contribution in [2.75, 3.05) is 10.8 Å². The van der Waals surface area contributed by atoms with E-state index in [1.165, 1.54) is 17.0 Å². The Kier molecular flexibility index (Phi) is 10.2. The van der Waals surface area contributed by atoms with Crippen LogP contribution in [0.2, 0.25) is 5.02 Å². The summed E-state index contributed by atoms with van der Waals surface area (Å²) in [6.07, 6.45) is 0.733. The standard InChI is InChI=1S/C30H36ClN3O4S/c1-6-23(4)32-30(36)24(5)33(19-25-11-10-12-26(31)18-25)29(35)20-34(28-16-15-21(2)17-22(28)3)39(37,38)27-13-8-7-9-14-27/h7-18,23-24H,6,19-20H2,1-5H3,(H,32,36)/t23-,24+/m0/s1. The number of anilines is 1. The lowest BCUT2D eigenvalue weighted by molar-refractivity contribution is -0.139. The van der Waals surface area contributed by atoms with Crippen molar-refractivity contribution in [1.29, 1.82) is 0 Å². The van der Waals surface area contributed by atoms with Crippen LogP contribution in [0.3, 0.4) is 0 Å². The molecule has 0 unspecified atom stereocenters. The summed E-state index contributed by atoms with van der Waals surface area (Å²) in [5.41, 5.74) is 2.81. The summed E-state index contributed by atoms with van der Waals surface area (Å²) in [7, 11) is -4.10. The molecule has 3 rings (SSSR count). The quantitative estimate of drug-likeness (QED) is 0.331. The third-order valence-corrected chi connectivity index (χ3v) is 8.65. The zero-order chi connectivity index (χ0) is 28.7. The third kappa shape index (κ3) is 7.61. The molecule has 0 radical (unpaired) electrons. The molecule has 1 N–H and O–H groups in total. The first-order valence-electron chi connectivity index (χ1n) is 12.9. The van der Waals surface area contributed by atoms with Gasteiger partial charge in [-0.2, -0.15) is 0 Å². The molecule has 0 aromatic heterocycles. The molecule has 3 aromatic rings. The fourth-order valence-electron chi connectivity index (χ4n) is 4.20. The van der Waals surface area contributed by atoms with E-state index in [1.54, 1.807) is 49.4 Å². The predicted molar refractivity (Wildman–Crippen MR) is 156 cm³/mol. The van der Waals surface area contributed by atoms with E-state index in [9.17, 15) is 18.0 Å². The van der Waals surface area contributed by atoms with Crippen LogP contribution >= 0.6 is 11.6 Å². The van der Waals surface area contributed by atoms with Crippen LogP contribution in [0.4, 0.5) is 5.69 Å². The van der Waals surface area contributed by atoms with E-state index in [4.69, 9.17) is 11.6 Å². The molecule has 208 valence electrons. The first kappa shape index (κ1) is 30.2. The van der Waals surface area contributed by atoms with Crippen LogP contribution < -0.4 is 9.62 Å². The van der Waals surface area contributed by atoms with Crippen LogP contribution in [0.5, 0.6) is 0 Å². The molecule has 2 atom stereocenters. The Morgan fingerprint density at radius 2 is 1.64 bits per heavy atom. The average Bonchev–Trinajstić information content (AvgIpc) is 2.90. The normalized spacial score (nSPS) is 12.9. The molecule has 0 aliphatic heterocycles. The lowest BCUT2D eigenvalue weighted by atomic mass is 10.1. The van der Waals surface area contributed by atoms with Crippen molar-refractivity contribution in [3.63, 3.8) is 0 Å². The molecule has 0 fully saturated rings. The zero-order valence-corrected chi connectivity index (χ0v) is 24.6. The number of nitrogens with one attached hydrogen (secondary N) is 1. The number of carbonyl (C=O) groups is 2. The number of hydrogen-bond acceptors (Lipinski definition) is 4. The van der Waals surface area contributed by atoms with Crippen LogP contribution in [0.25, 0.3) is 0 Å². The minimum atomic E-state index is -4.10. The van der Waals surface area contributed by atoms with E-state index in [1.807, 2.05) is 45.9 Å². The maximum absolute atomic E-state index is 14.0. The molecule has 0 spiro atoms. The van der Waals surface area contributed by atoms with Crippen molar-refractivity contribution >= 4 is 39.1 Å². The Morgan fingerprint density at radius 1 is 0.949 bits per heavy atom. The van der Waals surface area contributed by atoms with Gasteiger partial charge in [-0.1, -0.05) is 66.6 Å². The molecule has 0 saturated heterocycles. The van der Waals surface area contributed by atoms with Gasteiger partial charge in [0.05, 0.1) is 10.6 Å². The molecule has 9 heteroatoms. The molecular formula is C30H36ClN3O4S. The van der Waals surface area contributed by atoms with Gasteiger partial charge >= 0.3 is 0 Å². The van der Waals surface area contributed by atoms with Crippen LogP contribution in [0, 0.1) is 13.8 Å². The predicted octanol–water partition coefficient (Wildman–Crippen LogP) is 5.48. The second kappa shape index (κ2) is 13.1. The topological polar surface area (TPSA) is 86.8 Å². The average molecular weight is 570 g/mol. The largest absolute Gasteiger partial charge is 0.352 e. The Bertz CT molecular complexity index is 1410. The van der Waals surface area contributed by atoms with E-state index in [2.05, 4.69) is 5.32 Å². The number of sulfonamides is 1. The van der Waals surface area contributed by atoms with E-state index in [-0.39, 0.29) is 23.4 Å². The van der Waals surface area contributed by atoms with Gasteiger partial charge < -0.3 is 10.2 Å². The fourth-order valence-corrected chi connectivity index (χ4v) is 5.91. The Morgan fingerprint density at radius 3 is 2.26 bits per heavy atom. The van der Waals surface area contributed by atoms with Gasteiger partial charge in [-0.25, -0.2) is 8.42 Å². The van der Waals surface area contributed by atoms with Gasteiger partial charge in [0.15, 0.2) is 0 Å². The van der Waals surface area contributed by atoms with Crippen LogP contribution in [0.1, 0.15) is 43.9 Å². The number of halogens is 1. The highest BCUT2D eigenvalue weighted by atomic mass is 35.5. The molecule has 39 heavy (non-hydrogen) atoms. The first-order valence-corrected chi connectivity index (χ1v) is 14.7. The van der Waals surface area contributed by atoms with Crippen molar-refractivity contribution < 1.29 is 18.0 Å². The minimum Gasteiger partial charge on any atom is -0.352 e. The van der Waals surface area contributed by atoms with Crippen molar-refractivity contribution in [2.24, 2.45) is 0 Å². The van der Waals surface area contributed by atoms with E-state index in [0.717, 1.165) is 21.9 Å². The number of hydrogen-bond donors (Lipinski definition) is 1. The van der Waals surface area contributed by atoms with Gasteiger partial charge in [-0.05, 0) is 75.6 Å². The molecule has 0 bridgehead atoms. The van der Waals surface area contributed by atoms with Gasteiger partial charge in [0.1, 0.15) is 12.6 Å².